The van der Waals surface area contributed by atoms with Crippen molar-refractivity contribution in [1.82, 2.24) is 5.32 Å². The van der Waals surface area contributed by atoms with E-state index in [9.17, 15) is 13.2 Å². The maximum Gasteiger partial charge on any atom is 0.191 e. The summed E-state index contributed by atoms with van der Waals surface area (Å²) >= 11 is 5.83. The van der Waals surface area contributed by atoms with Gasteiger partial charge in [0.15, 0.2) is 17.4 Å². The maximum absolute atomic E-state index is 13.8. The van der Waals surface area contributed by atoms with Gasteiger partial charge in [0.2, 0.25) is 0 Å². The number of hydrogen-bond acceptors (Lipinski definition) is 2. The van der Waals surface area contributed by atoms with E-state index in [1.54, 1.807) is 7.05 Å². The molecule has 1 N–H and O–H groups in total. The van der Waals surface area contributed by atoms with E-state index in [0.717, 1.165) is 6.07 Å². The lowest BCUT2D eigenvalue weighted by molar-refractivity contribution is 0.273. The Hall–Kier alpha value is -1.72. The van der Waals surface area contributed by atoms with Crippen LogP contribution in [0.1, 0.15) is 11.1 Å². The maximum atomic E-state index is 13.8. The number of ether oxygens (including phenoxy) is 1. The minimum atomic E-state index is -0.793. The second-order valence-electron chi connectivity index (χ2n) is 4.44. The molecule has 0 aliphatic rings. The second kappa shape index (κ2) is 6.83. The van der Waals surface area contributed by atoms with Crippen LogP contribution in [0.5, 0.6) is 5.75 Å². The molecule has 0 heterocycles. The average Bonchev–Trinajstić information content (AvgIpc) is 2.40. The van der Waals surface area contributed by atoms with Gasteiger partial charge in [-0.05, 0) is 36.9 Å². The van der Waals surface area contributed by atoms with Gasteiger partial charge < -0.3 is 10.1 Å². The van der Waals surface area contributed by atoms with Gasteiger partial charge in [0, 0.05) is 12.1 Å². The lowest BCUT2D eigenvalue weighted by Crippen LogP contribution is -2.07. The summed E-state index contributed by atoms with van der Waals surface area (Å²) in [5.74, 6) is -2.55. The summed E-state index contributed by atoms with van der Waals surface area (Å²) in [6.45, 7) is 0.191. The molecule has 0 spiro atoms. The summed E-state index contributed by atoms with van der Waals surface area (Å²) < 4.78 is 45.7. The fourth-order valence-corrected chi connectivity index (χ4v) is 2.07. The fraction of sp³-hybridized carbons (Fsp3) is 0.200. The van der Waals surface area contributed by atoms with E-state index in [1.807, 2.05) is 0 Å². The third-order valence-electron chi connectivity index (χ3n) is 2.83. The zero-order chi connectivity index (χ0) is 15.4. The summed E-state index contributed by atoms with van der Waals surface area (Å²) in [5, 5.41) is 2.94. The van der Waals surface area contributed by atoms with Crippen molar-refractivity contribution >= 4 is 11.6 Å². The van der Waals surface area contributed by atoms with Crippen molar-refractivity contribution in [3.63, 3.8) is 0 Å². The highest BCUT2D eigenvalue weighted by atomic mass is 35.5. The number of nitrogens with one attached hydrogen (secondary N) is 1. The van der Waals surface area contributed by atoms with Gasteiger partial charge in [-0.15, -0.1) is 0 Å². The molecule has 0 bridgehead atoms. The van der Waals surface area contributed by atoms with Gasteiger partial charge in [0.1, 0.15) is 12.4 Å². The van der Waals surface area contributed by atoms with E-state index in [0.29, 0.717) is 17.7 Å². The number of hydrogen-bond donors (Lipinski definition) is 1. The van der Waals surface area contributed by atoms with Crippen molar-refractivity contribution < 1.29 is 17.9 Å². The first-order valence-corrected chi connectivity index (χ1v) is 6.58. The molecule has 0 aliphatic carbocycles. The molecule has 0 aliphatic heterocycles. The zero-order valence-electron chi connectivity index (χ0n) is 11.2. The molecule has 0 amide bonds. The van der Waals surface area contributed by atoms with Crippen molar-refractivity contribution in [2.75, 3.05) is 7.05 Å². The topological polar surface area (TPSA) is 21.3 Å². The second-order valence-corrected chi connectivity index (χ2v) is 4.85. The lowest BCUT2D eigenvalue weighted by atomic mass is 10.2. The van der Waals surface area contributed by atoms with Crippen LogP contribution in [0.15, 0.2) is 30.3 Å². The van der Waals surface area contributed by atoms with Crippen molar-refractivity contribution in [3.8, 4) is 5.75 Å². The van der Waals surface area contributed by atoms with E-state index in [2.05, 4.69) is 5.32 Å². The van der Waals surface area contributed by atoms with Crippen LogP contribution < -0.4 is 10.1 Å². The Morgan fingerprint density at radius 1 is 1.10 bits per heavy atom. The molecule has 2 nitrogen and oxygen atoms in total. The van der Waals surface area contributed by atoms with E-state index in [-0.39, 0.29) is 11.6 Å². The lowest BCUT2D eigenvalue weighted by Gasteiger charge is -2.11. The van der Waals surface area contributed by atoms with Crippen LogP contribution >= 0.6 is 11.6 Å². The standard InChI is InChI=1S/C15H13ClF3NO/c1-20-7-9-4-13(18)15(14(19)5-9)21-8-10-2-3-11(17)6-12(10)16/h2-6,20H,7-8H2,1H3. The molecule has 0 saturated carbocycles. The Kier molecular flexibility index (Phi) is 5.09. The summed E-state index contributed by atoms with van der Waals surface area (Å²) in [5.41, 5.74) is 0.913. The van der Waals surface area contributed by atoms with Crippen molar-refractivity contribution in [2.45, 2.75) is 13.2 Å². The highest BCUT2D eigenvalue weighted by molar-refractivity contribution is 6.31. The minimum Gasteiger partial charge on any atom is -0.483 e. The molecule has 0 unspecified atom stereocenters. The van der Waals surface area contributed by atoms with Gasteiger partial charge in [-0.1, -0.05) is 17.7 Å². The Morgan fingerprint density at radius 3 is 2.33 bits per heavy atom. The molecule has 0 aromatic heterocycles. The predicted molar refractivity (Wildman–Crippen MR) is 74.9 cm³/mol. The largest absolute Gasteiger partial charge is 0.483 e. The van der Waals surface area contributed by atoms with Crippen LogP contribution in [0.3, 0.4) is 0 Å². The van der Waals surface area contributed by atoms with Crippen LogP contribution in [0.2, 0.25) is 5.02 Å². The molecule has 2 aromatic carbocycles. The average molecular weight is 316 g/mol. The van der Waals surface area contributed by atoms with Crippen LogP contribution in [0, 0.1) is 17.5 Å². The van der Waals surface area contributed by atoms with E-state index in [1.165, 1.54) is 24.3 Å². The normalized spacial score (nSPS) is 10.7. The predicted octanol–water partition coefficient (Wildman–Crippen LogP) is 4.06. The number of benzene rings is 2. The minimum absolute atomic E-state index is 0.141. The molecule has 0 saturated heterocycles. The van der Waals surface area contributed by atoms with Gasteiger partial charge in [-0.3, -0.25) is 0 Å². The van der Waals surface area contributed by atoms with Gasteiger partial charge >= 0.3 is 0 Å². The molecule has 21 heavy (non-hydrogen) atoms. The highest BCUT2D eigenvalue weighted by Crippen LogP contribution is 2.26. The first-order chi connectivity index (χ1) is 10.0. The third-order valence-corrected chi connectivity index (χ3v) is 3.18. The zero-order valence-corrected chi connectivity index (χ0v) is 12.0. The first kappa shape index (κ1) is 15.7. The molecule has 2 aromatic rings. The number of rotatable bonds is 5. The summed E-state index contributed by atoms with van der Waals surface area (Å²) in [4.78, 5) is 0. The molecule has 112 valence electrons. The van der Waals surface area contributed by atoms with Crippen LogP contribution in [0.25, 0.3) is 0 Å². The molecule has 6 heteroatoms. The van der Waals surface area contributed by atoms with Gasteiger partial charge in [-0.25, -0.2) is 13.2 Å². The van der Waals surface area contributed by atoms with Crippen molar-refractivity contribution in [1.29, 1.82) is 0 Å². The molecule has 0 atom stereocenters. The van der Waals surface area contributed by atoms with Gasteiger partial charge in [0.25, 0.3) is 0 Å². The first-order valence-electron chi connectivity index (χ1n) is 6.20. The van der Waals surface area contributed by atoms with Crippen molar-refractivity contribution in [3.05, 3.63) is 63.9 Å². The Labute approximate surface area is 125 Å². The van der Waals surface area contributed by atoms with Crippen LogP contribution in [0.4, 0.5) is 13.2 Å². The van der Waals surface area contributed by atoms with Crippen molar-refractivity contribution in [2.24, 2.45) is 0 Å². The Bertz CT molecular complexity index is 626. The Balaban J connectivity index is 2.16. The molecular weight excluding hydrogens is 303 g/mol. The highest BCUT2D eigenvalue weighted by Gasteiger charge is 2.13. The molecular formula is C15H13ClF3NO. The number of halogens is 4. The van der Waals surface area contributed by atoms with E-state index in [4.69, 9.17) is 16.3 Å². The molecule has 2 rings (SSSR count). The quantitative estimate of drug-likeness (QED) is 0.898. The Morgan fingerprint density at radius 2 is 1.76 bits per heavy atom. The van der Waals surface area contributed by atoms with Crippen LogP contribution in [-0.4, -0.2) is 7.05 Å². The van der Waals surface area contributed by atoms with E-state index < -0.39 is 23.2 Å². The fourth-order valence-electron chi connectivity index (χ4n) is 1.85. The summed E-state index contributed by atoms with van der Waals surface area (Å²) in [6, 6.07) is 6.11. The van der Waals surface area contributed by atoms with E-state index >= 15 is 0 Å². The smallest absolute Gasteiger partial charge is 0.191 e. The third kappa shape index (κ3) is 3.89. The SMILES string of the molecule is CNCc1cc(F)c(OCc2ccc(F)cc2Cl)c(F)c1. The monoisotopic (exact) mass is 315 g/mol. The molecule has 0 radical (unpaired) electrons. The van der Waals surface area contributed by atoms with Crippen LogP contribution in [-0.2, 0) is 13.2 Å². The molecule has 0 fully saturated rings. The summed E-state index contributed by atoms with van der Waals surface area (Å²) in [7, 11) is 1.68. The van der Waals surface area contributed by atoms with Gasteiger partial charge in [-0.2, -0.15) is 0 Å². The van der Waals surface area contributed by atoms with Gasteiger partial charge in [0.05, 0.1) is 5.02 Å². The summed E-state index contributed by atoms with van der Waals surface area (Å²) in [6.07, 6.45) is 0.